The fourth-order valence-corrected chi connectivity index (χ4v) is 2.84. The van der Waals surface area contributed by atoms with Crippen LogP contribution in [0, 0.1) is 11.3 Å². The summed E-state index contributed by atoms with van der Waals surface area (Å²) in [5, 5.41) is 15.4. The highest BCUT2D eigenvalue weighted by molar-refractivity contribution is 7.09. The molecule has 1 N–H and O–H groups in total. The number of hydrogen-bond acceptors (Lipinski definition) is 5. The SMILES string of the molecule is COC1CNC(c2csc(C(C)(C)C#N)n2)C1. The summed E-state index contributed by atoms with van der Waals surface area (Å²) in [7, 11) is 1.74. The Kier molecular flexibility index (Phi) is 3.48. The average Bonchev–Trinajstić information content (AvgIpc) is 2.97. The zero-order chi connectivity index (χ0) is 12.5. The van der Waals surface area contributed by atoms with Crippen LogP contribution in [0.3, 0.4) is 0 Å². The van der Waals surface area contributed by atoms with E-state index in [1.54, 1.807) is 18.4 Å². The minimum absolute atomic E-state index is 0.263. The summed E-state index contributed by atoms with van der Waals surface area (Å²) in [5.74, 6) is 0. The number of aromatic nitrogens is 1. The smallest absolute Gasteiger partial charge is 0.113 e. The number of methoxy groups -OCH3 is 1. The first kappa shape index (κ1) is 12.5. The van der Waals surface area contributed by atoms with Crippen LogP contribution in [0.15, 0.2) is 5.38 Å². The summed E-state index contributed by atoms with van der Waals surface area (Å²) < 4.78 is 5.32. The van der Waals surface area contributed by atoms with E-state index in [4.69, 9.17) is 10.00 Å². The van der Waals surface area contributed by atoms with Gasteiger partial charge in [0.2, 0.25) is 0 Å². The van der Waals surface area contributed by atoms with Gasteiger partial charge in [0.25, 0.3) is 0 Å². The molecule has 0 amide bonds. The molecule has 2 heterocycles. The normalized spacial score (nSPS) is 24.8. The lowest BCUT2D eigenvalue weighted by atomic mass is 9.97. The molecule has 0 aliphatic carbocycles. The summed E-state index contributed by atoms with van der Waals surface area (Å²) in [6.45, 7) is 4.67. The largest absolute Gasteiger partial charge is 0.380 e. The molecule has 0 bridgehead atoms. The van der Waals surface area contributed by atoms with E-state index in [-0.39, 0.29) is 12.1 Å². The molecular weight excluding hydrogens is 234 g/mol. The summed E-state index contributed by atoms with van der Waals surface area (Å²) in [6, 6.07) is 2.55. The van der Waals surface area contributed by atoms with Crippen LogP contribution in [0.2, 0.25) is 0 Å². The van der Waals surface area contributed by atoms with Gasteiger partial charge in [0, 0.05) is 19.0 Å². The Labute approximate surface area is 106 Å². The molecule has 2 rings (SSSR count). The highest BCUT2D eigenvalue weighted by atomic mass is 32.1. The predicted octanol–water partition coefficient (Wildman–Crippen LogP) is 1.99. The van der Waals surface area contributed by atoms with E-state index < -0.39 is 5.41 Å². The van der Waals surface area contributed by atoms with Gasteiger partial charge in [-0.05, 0) is 20.3 Å². The zero-order valence-corrected chi connectivity index (χ0v) is 11.2. The number of nitriles is 1. The number of nitrogens with zero attached hydrogens (tertiary/aromatic N) is 2. The fraction of sp³-hybridized carbons (Fsp3) is 0.667. The van der Waals surface area contributed by atoms with Crippen molar-refractivity contribution in [3.05, 3.63) is 16.1 Å². The van der Waals surface area contributed by atoms with Gasteiger partial charge in [-0.15, -0.1) is 11.3 Å². The number of thiazole rings is 1. The first-order valence-corrected chi connectivity index (χ1v) is 6.58. The van der Waals surface area contributed by atoms with Gasteiger partial charge < -0.3 is 10.1 Å². The maximum atomic E-state index is 9.08. The second-order valence-electron chi connectivity index (χ2n) is 4.87. The highest BCUT2D eigenvalue weighted by Crippen LogP contribution is 2.30. The monoisotopic (exact) mass is 251 g/mol. The molecule has 1 aliphatic heterocycles. The maximum Gasteiger partial charge on any atom is 0.113 e. The Hall–Kier alpha value is -0.960. The average molecular weight is 251 g/mol. The lowest BCUT2D eigenvalue weighted by Gasteiger charge is -2.11. The zero-order valence-electron chi connectivity index (χ0n) is 10.4. The second kappa shape index (κ2) is 4.73. The standard InChI is InChI=1S/C12H17N3OS/c1-12(2,7-13)11-15-10(6-17-11)9-4-8(16-3)5-14-9/h6,8-9,14H,4-5H2,1-3H3. The first-order chi connectivity index (χ1) is 8.06. The molecule has 5 heteroatoms. The minimum Gasteiger partial charge on any atom is -0.380 e. The molecule has 1 fully saturated rings. The molecule has 0 saturated carbocycles. The van der Waals surface area contributed by atoms with Crippen molar-refractivity contribution >= 4 is 11.3 Å². The van der Waals surface area contributed by atoms with Crippen molar-refractivity contribution in [2.75, 3.05) is 13.7 Å². The van der Waals surface area contributed by atoms with Crippen molar-refractivity contribution in [1.29, 1.82) is 5.26 Å². The van der Waals surface area contributed by atoms with E-state index in [1.807, 2.05) is 19.2 Å². The van der Waals surface area contributed by atoms with E-state index in [0.717, 1.165) is 23.7 Å². The summed E-state index contributed by atoms with van der Waals surface area (Å²) in [4.78, 5) is 4.58. The molecule has 1 aromatic heterocycles. The van der Waals surface area contributed by atoms with Crippen LogP contribution in [0.25, 0.3) is 0 Å². The van der Waals surface area contributed by atoms with Crippen molar-refractivity contribution < 1.29 is 4.74 Å². The summed E-state index contributed by atoms with van der Waals surface area (Å²) in [6.07, 6.45) is 1.22. The van der Waals surface area contributed by atoms with Gasteiger partial charge in [-0.2, -0.15) is 5.26 Å². The van der Waals surface area contributed by atoms with Gasteiger partial charge in [0.05, 0.1) is 23.9 Å². The number of rotatable bonds is 3. The fourth-order valence-electron chi connectivity index (χ4n) is 1.89. The van der Waals surface area contributed by atoms with Crippen LogP contribution in [0.5, 0.6) is 0 Å². The van der Waals surface area contributed by atoms with Gasteiger partial charge in [0.1, 0.15) is 10.4 Å². The third-order valence-electron chi connectivity index (χ3n) is 3.12. The maximum absolute atomic E-state index is 9.08. The Morgan fingerprint density at radius 1 is 1.65 bits per heavy atom. The van der Waals surface area contributed by atoms with Crippen LogP contribution in [-0.2, 0) is 10.2 Å². The minimum atomic E-state index is -0.498. The van der Waals surface area contributed by atoms with Crippen LogP contribution in [0.4, 0.5) is 0 Å². The lowest BCUT2D eigenvalue weighted by molar-refractivity contribution is 0.117. The summed E-state index contributed by atoms with van der Waals surface area (Å²) in [5.41, 5.74) is 0.537. The van der Waals surface area contributed by atoms with Crippen molar-refractivity contribution in [2.45, 2.75) is 37.8 Å². The van der Waals surface area contributed by atoms with Gasteiger partial charge in [-0.3, -0.25) is 0 Å². The third-order valence-corrected chi connectivity index (χ3v) is 4.30. The van der Waals surface area contributed by atoms with Crippen LogP contribution in [0.1, 0.15) is 37.0 Å². The molecule has 1 saturated heterocycles. The molecule has 2 atom stereocenters. The van der Waals surface area contributed by atoms with Crippen molar-refractivity contribution in [2.24, 2.45) is 0 Å². The number of nitrogens with one attached hydrogen (secondary N) is 1. The molecule has 92 valence electrons. The molecule has 2 unspecified atom stereocenters. The lowest BCUT2D eigenvalue weighted by Crippen LogP contribution is -2.17. The van der Waals surface area contributed by atoms with Crippen molar-refractivity contribution in [1.82, 2.24) is 10.3 Å². The molecule has 4 nitrogen and oxygen atoms in total. The third kappa shape index (κ3) is 2.49. The van der Waals surface area contributed by atoms with E-state index >= 15 is 0 Å². The van der Waals surface area contributed by atoms with Crippen LogP contribution >= 0.6 is 11.3 Å². The highest BCUT2D eigenvalue weighted by Gasteiger charge is 2.29. The Morgan fingerprint density at radius 2 is 2.41 bits per heavy atom. The van der Waals surface area contributed by atoms with E-state index in [2.05, 4.69) is 16.4 Å². The van der Waals surface area contributed by atoms with Crippen LogP contribution < -0.4 is 5.32 Å². The van der Waals surface area contributed by atoms with Gasteiger partial charge in [-0.1, -0.05) is 0 Å². The van der Waals surface area contributed by atoms with Crippen LogP contribution in [-0.4, -0.2) is 24.7 Å². The van der Waals surface area contributed by atoms with Gasteiger partial charge in [-0.25, -0.2) is 4.98 Å². The molecule has 0 radical (unpaired) electrons. The van der Waals surface area contributed by atoms with Crippen molar-refractivity contribution in [3.8, 4) is 6.07 Å². The Balaban J connectivity index is 2.12. The van der Waals surface area contributed by atoms with E-state index in [0.29, 0.717) is 0 Å². The number of ether oxygens (including phenoxy) is 1. The quantitative estimate of drug-likeness (QED) is 0.892. The second-order valence-corrected chi connectivity index (χ2v) is 5.73. The topological polar surface area (TPSA) is 57.9 Å². The molecule has 0 spiro atoms. The molecule has 17 heavy (non-hydrogen) atoms. The van der Waals surface area contributed by atoms with E-state index in [9.17, 15) is 0 Å². The van der Waals surface area contributed by atoms with Gasteiger partial charge >= 0.3 is 0 Å². The Morgan fingerprint density at radius 3 is 3.00 bits per heavy atom. The molecule has 0 aromatic carbocycles. The van der Waals surface area contributed by atoms with E-state index in [1.165, 1.54) is 0 Å². The van der Waals surface area contributed by atoms with Gasteiger partial charge in [0.15, 0.2) is 0 Å². The molecule has 1 aromatic rings. The predicted molar refractivity (Wildman–Crippen MR) is 66.9 cm³/mol. The Bertz CT molecular complexity index is 435. The number of hydrogen-bond donors (Lipinski definition) is 1. The summed E-state index contributed by atoms with van der Waals surface area (Å²) >= 11 is 1.56. The first-order valence-electron chi connectivity index (χ1n) is 5.70. The molecular formula is C12H17N3OS. The van der Waals surface area contributed by atoms with Crippen molar-refractivity contribution in [3.63, 3.8) is 0 Å². The molecule has 1 aliphatic rings.